The molecule has 2 rings (SSSR count). The molecule has 0 aliphatic rings. The summed E-state index contributed by atoms with van der Waals surface area (Å²) in [4.78, 5) is 23.2. The maximum absolute atomic E-state index is 12.1. The van der Waals surface area contributed by atoms with E-state index in [9.17, 15) is 9.59 Å². The maximum Gasteiger partial charge on any atom is 0.335 e. The van der Waals surface area contributed by atoms with E-state index in [2.05, 4.69) is 5.32 Å². The number of carbonyl (C=O) groups is 2. The first kappa shape index (κ1) is 14.8. The second-order valence-corrected chi connectivity index (χ2v) is 5.01. The number of amides is 1. The number of carboxylic acids is 1. The van der Waals surface area contributed by atoms with E-state index in [-0.39, 0.29) is 17.9 Å². The van der Waals surface area contributed by atoms with Crippen molar-refractivity contribution in [1.82, 2.24) is 0 Å². The highest BCUT2D eigenvalue weighted by molar-refractivity contribution is 5.96. The van der Waals surface area contributed by atoms with Crippen molar-refractivity contribution >= 4 is 17.6 Å². The summed E-state index contributed by atoms with van der Waals surface area (Å²) in [6.45, 7) is 3.87. The number of aromatic carboxylic acids is 1. The van der Waals surface area contributed by atoms with E-state index in [1.54, 1.807) is 18.2 Å². The van der Waals surface area contributed by atoms with Crippen molar-refractivity contribution < 1.29 is 14.7 Å². The minimum absolute atomic E-state index is 0.0376. The van der Waals surface area contributed by atoms with Crippen LogP contribution >= 0.6 is 0 Å². The Labute approximate surface area is 123 Å². The minimum Gasteiger partial charge on any atom is -0.478 e. The first-order chi connectivity index (χ1) is 9.97. The Balaban J connectivity index is 2.16. The van der Waals surface area contributed by atoms with Gasteiger partial charge in [-0.25, -0.2) is 4.79 Å². The topological polar surface area (TPSA) is 66.4 Å². The Morgan fingerprint density at radius 2 is 1.81 bits per heavy atom. The largest absolute Gasteiger partial charge is 0.478 e. The molecule has 0 bridgehead atoms. The maximum atomic E-state index is 12.1. The summed E-state index contributed by atoms with van der Waals surface area (Å²) in [5.74, 6) is -1.25. The molecule has 0 radical (unpaired) electrons. The van der Waals surface area contributed by atoms with Gasteiger partial charge in [-0.3, -0.25) is 4.79 Å². The number of anilines is 1. The van der Waals surface area contributed by atoms with Gasteiger partial charge in [0, 0.05) is 5.69 Å². The van der Waals surface area contributed by atoms with E-state index in [1.165, 1.54) is 6.07 Å². The van der Waals surface area contributed by atoms with Gasteiger partial charge in [-0.2, -0.15) is 0 Å². The molecule has 0 spiro atoms. The summed E-state index contributed by atoms with van der Waals surface area (Å²) in [6.07, 6.45) is 0.0376. The molecule has 108 valence electrons. The Morgan fingerprint density at radius 1 is 1.10 bits per heavy atom. The summed E-state index contributed by atoms with van der Waals surface area (Å²) in [5.41, 5.74) is 3.46. The third-order valence-electron chi connectivity index (χ3n) is 3.27. The lowest BCUT2D eigenvalue weighted by molar-refractivity contribution is -0.115. The number of hydrogen-bond donors (Lipinski definition) is 2. The molecule has 4 heteroatoms. The molecule has 2 aromatic rings. The van der Waals surface area contributed by atoms with Gasteiger partial charge in [0.1, 0.15) is 0 Å². The Morgan fingerprint density at radius 3 is 2.52 bits per heavy atom. The monoisotopic (exact) mass is 283 g/mol. The molecule has 0 heterocycles. The summed E-state index contributed by atoms with van der Waals surface area (Å²) in [6, 6.07) is 12.4. The number of carbonyl (C=O) groups excluding carboxylic acids is 1. The first-order valence-electron chi connectivity index (χ1n) is 6.65. The van der Waals surface area contributed by atoms with E-state index >= 15 is 0 Å². The van der Waals surface area contributed by atoms with Crippen molar-refractivity contribution in [3.05, 3.63) is 64.7 Å². The zero-order valence-electron chi connectivity index (χ0n) is 12.0. The minimum atomic E-state index is -1.02. The third kappa shape index (κ3) is 3.69. The fraction of sp³-hybridized carbons (Fsp3) is 0.176. The van der Waals surface area contributed by atoms with Crippen LogP contribution in [0.1, 0.15) is 27.0 Å². The molecule has 0 unspecified atom stereocenters. The van der Waals surface area contributed by atoms with Gasteiger partial charge in [-0.05, 0) is 42.7 Å². The van der Waals surface area contributed by atoms with Crippen molar-refractivity contribution in [3.63, 3.8) is 0 Å². The van der Waals surface area contributed by atoms with Gasteiger partial charge in [0.25, 0.3) is 0 Å². The van der Waals surface area contributed by atoms with Gasteiger partial charge in [-0.15, -0.1) is 0 Å². The molecule has 0 aliphatic carbocycles. The molecular formula is C17H17NO3. The van der Waals surface area contributed by atoms with Gasteiger partial charge < -0.3 is 10.4 Å². The molecule has 2 aromatic carbocycles. The fourth-order valence-electron chi connectivity index (χ4n) is 2.12. The lowest BCUT2D eigenvalue weighted by atomic mass is 10.0. The lowest BCUT2D eigenvalue weighted by Crippen LogP contribution is -2.17. The summed E-state index contributed by atoms with van der Waals surface area (Å²) in [5, 5.41) is 12.0. The van der Waals surface area contributed by atoms with Crippen LogP contribution in [0.5, 0.6) is 0 Å². The second-order valence-electron chi connectivity index (χ2n) is 5.01. The number of aryl methyl sites for hydroxylation is 2. The average Bonchev–Trinajstić information content (AvgIpc) is 2.43. The Hall–Kier alpha value is -2.62. The molecule has 0 atom stereocenters. The van der Waals surface area contributed by atoms with Crippen LogP contribution < -0.4 is 5.32 Å². The molecule has 4 nitrogen and oxygen atoms in total. The smallest absolute Gasteiger partial charge is 0.335 e. The van der Waals surface area contributed by atoms with E-state index < -0.39 is 5.97 Å². The van der Waals surface area contributed by atoms with Crippen LogP contribution in [0, 0.1) is 13.8 Å². The Kier molecular flexibility index (Phi) is 4.38. The number of benzene rings is 2. The Bertz CT molecular complexity index is 692. The second kappa shape index (κ2) is 6.22. The van der Waals surface area contributed by atoms with Crippen LogP contribution in [-0.4, -0.2) is 17.0 Å². The van der Waals surface area contributed by atoms with Gasteiger partial charge in [0.2, 0.25) is 5.91 Å². The van der Waals surface area contributed by atoms with E-state index in [1.807, 2.05) is 32.0 Å². The van der Waals surface area contributed by atoms with Crippen molar-refractivity contribution in [1.29, 1.82) is 0 Å². The summed E-state index contributed by atoms with van der Waals surface area (Å²) >= 11 is 0. The van der Waals surface area contributed by atoms with Gasteiger partial charge in [-0.1, -0.05) is 30.3 Å². The zero-order valence-corrected chi connectivity index (χ0v) is 12.0. The standard InChI is InChI=1S/C17H17NO3/c1-11-7-8-12(2)15(9-11)18-16(19)10-13-5-3-4-6-14(13)17(20)21/h3-9H,10H2,1-2H3,(H,18,19)(H,20,21). The van der Waals surface area contributed by atoms with Crippen LogP contribution in [-0.2, 0) is 11.2 Å². The van der Waals surface area contributed by atoms with E-state index in [0.717, 1.165) is 16.8 Å². The van der Waals surface area contributed by atoms with Crippen molar-refractivity contribution in [3.8, 4) is 0 Å². The zero-order chi connectivity index (χ0) is 15.4. The van der Waals surface area contributed by atoms with Crippen molar-refractivity contribution in [2.24, 2.45) is 0 Å². The first-order valence-corrected chi connectivity index (χ1v) is 6.65. The highest BCUT2D eigenvalue weighted by atomic mass is 16.4. The van der Waals surface area contributed by atoms with Gasteiger partial charge in [0.05, 0.1) is 12.0 Å². The molecule has 0 fully saturated rings. The molecule has 21 heavy (non-hydrogen) atoms. The third-order valence-corrected chi connectivity index (χ3v) is 3.27. The predicted octanol–water partition coefficient (Wildman–Crippen LogP) is 3.18. The van der Waals surface area contributed by atoms with Crippen LogP contribution in [0.2, 0.25) is 0 Å². The fourth-order valence-corrected chi connectivity index (χ4v) is 2.12. The highest BCUT2D eigenvalue weighted by Crippen LogP contribution is 2.17. The molecule has 0 saturated heterocycles. The van der Waals surface area contributed by atoms with Gasteiger partial charge in [0.15, 0.2) is 0 Å². The molecule has 0 aliphatic heterocycles. The van der Waals surface area contributed by atoms with Crippen LogP contribution in [0.25, 0.3) is 0 Å². The quantitative estimate of drug-likeness (QED) is 0.905. The number of carboxylic acid groups (broad SMARTS) is 1. The molecular weight excluding hydrogens is 266 g/mol. The molecule has 0 saturated carbocycles. The van der Waals surface area contributed by atoms with Crippen molar-refractivity contribution in [2.75, 3.05) is 5.32 Å². The molecule has 1 amide bonds. The normalized spacial score (nSPS) is 10.2. The molecule has 2 N–H and O–H groups in total. The number of nitrogens with one attached hydrogen (secondary N) is 1. The van der Waals surface area contributed by atoms with Gasteiger partial charge >= 0.3 is 5.97 Å². The lowest BCUT2D eigenvalue weighted by Gasteiger charge is -2.10. The average molecular weight is 283 g/mol. The predicted molar refractivity (Wildman–Crippen MR) is 81.7 cm³/mol. The SMILES string of the molecule is Cc1ccc(C)c(NC(=O)Cc2ccccc2C(=O)O)c1. The van der Waals surface area contributed by atoms with E-state index in [4.69, 9.17) is 5.11 Å². The van der Waals surface area contributed by atoms with Crippen molar-refractivity contribution in [2.45, 2.75) is 20.3 Å². The van der Waals surface area contributed by atoms with E-state index in [0.29, 0.717) is 5.56 Å². The molecule has 0 aromatic heterocycles. The van der Waals surface area contributed by atoms with Crippen LogP contribution in [0.3, 0.4) is 0 Å². The highest BCUT2D eigenvalue weighted by Gasteiger charge is 2.13. The van der Waals surface area contributed by atoms with Crippen LogP contribution in [0.15, 0.2) is 42.5 Å². The summed E-state index contributed by atoms with van der Waals surface area (Å²) in [7, 11) is 0. The number of hydrogen-bond acceptors (Lipinski definition) is 2. The summed E-state index contributed by atoms with van der Waals surface area (Å²) < 4.78 is 0. The van der Waals surface area contributed by atoms with Crippen LogP contribution in [0.4, 0.5) is 5.69 Å². The number of rotatable bonds is 4.